The van der Waals surface area contributed by atoms with Gasteiger partial charge in [-0.2, -0.15) is 0 Å². The second-order valence-corrected chi connectivity index (χ2v) is 25.4. The van der Waals surface area contributed by atoms with Crippen LogP contribution < -0.4 is 52.4 Å². The van der Waals surface area contributed by atoms with Gasteiger partial charge in [0.1, 0.15) is 0 Å². The highest BCUT2D eigenvalue weighted by atomic mass is 15.2. The SMILES string of the molecule is c1ccc(N2c3ccccc3B3c4ccc5c(c4N(c4ccccc4)c4cccc2c43)c2cccc3c4cc(-c6cccc(N7c8cccc9c8B(c8ccccc8N9c8ccccc8)c8cc9c%10ccccc%10n%10c%11ccccc%11c(c87)c9%10)c6)ccc4n5c32)cc1. The largest absolute Gasteiger partial charge is 0.311 e. The molecule has 0 N–H and O–H groups in total. The monoisotopic (exact) mass is 1160 g/mol. The molecule has 422 valence electrons. The van der Waals surface area contributed by atoms with Gasteiger partial charge in [-0.1, -0.05) is 188 Å². The number of para-hydroxylation sites is 8. The maximum absolute atomic E-state index is 2.62. The number of nitrogens with zero attached hydrogens (tertiary/aromatic N) is 6. The second kappa shape index (κ2) is 17.9. The van der Waals surface area contributed by atoms with Gasteiger partial charge in [-0.05, 0) is 159 Å². The van der Waals surface area contributed by atoms with E-state index in [-0.39, 0.29) is 13.4 Å². The predicted molar refractivity (Wildman–Crippen MR) is 389 cm³/mol. The average molecular weight is 1160 g/mol. The molecule has 0 radical (unpaired) electrons. The lowest BCUT2D eigenvalue weighted by Crippen LogP contribution is -2.61. The molecular formula is C84H50B2N6. The topological polar surface area (TPSA) is 21.8 Å². The first-order valence-electron chi connectivity index (χ1n) is 32.1. The van der Waals surface area contributed by atoms with Gasteiger partial charge in [-0.15, -0.1) is 0 Å². The molecule has 0 atom stereocenters. The van der Waals surface area contributed by atoms with Crippen LogP contribution in [-0.2, 0) is 0 Å². The quantitative estimate of drug-likeness (QED) is 0.160. The van der Waals surface area contributed by atoms with E-state index in [1.165, 1.54) is 166 Å². The van der Waals surface area contributed by atoms with Crippen molar-refractivity contribution in [3.63, 3.8) is 0 Å². The van der Waals surface area contributed by atoms with Gasteiger partial charge in [0.05, 0.1) is 44.5 Å². The summed E-state index contributed by atoms with van der Waals surface area (Å²) in [5.74, 6) is 0. The maximum atomic E-state index is 2.62. The van der Waals surface area contributed by atoms with Crippen molar-refractivity contribution in [1.82, 2.24) is 8.80 Å². The fraction of sp³-hybridized carbons (Fsp3) is 0. The minimum Gasteiger partial charge on any atom is -0.311 e. The van der Waals surface area contributed by atoms with Crippen LogP contribution in [0.4, 0.5) is 68.2 Å². The summed E-state index contributed by atoms with van der Waals surface area (Å²) >= 11 is 0. The molecule has 0 aliphatic carbocycles. The Morgan fingerprint density at radius 1 is 0.217 bits per heavy atom. The number of hydrogen-bond donors (Lipinski definition) is 0. The molecule has 0 unspecified atom stereocenters. The fourth-order valence-electron chi connectivity index (χ4n) is 17.6. The molecule has 0 saturated carbocycles. The standard InChI is InChI=1S/C84H50B2N6/c1-4-23-53(24-5-1)87-70-38-16-12-34-63(70)85-65-45-47-72-77(83(65)89(55-27-8-3-9-28-55)75-42-20-40-73(87)79(75)85)60-33-19-32-58-61-49-52(44-46-69(61)92(72)81(58)60)51-22-18-29-56(48-51)90-76-43-21-41-74-80(76)86(64-35-13-17-39-71(64)88(74)54-25-6-2-7-26-54)66-50-62-57-30-10-14-36-67(57)91-68-37-15-11-31-59(68)78(82(62)91)84(66)90/h1-50H. The van der Waals surface area contributed by atoms with Crippen molar-refractivity contribution in [2.45, 2.75) is 0 Å². The molecule has 4 aliphatic rings. The maximum Gasteiger partial charge on any atom is 0.252 e. The summed E-state index contributed by atoms with van der Waals surface area (Å²) < 4.78 is 5.09. The fourth-order valence-corrected chi connectivity index (χ4v) is 17.6. The number of hydrogen-bond acceptors (Lipinski definition) is 4. The van der Waals surface area contributed by atoms with Crippen molar-refractivity contribution in [1.29, 1.82) is 0 Å². The normalized spacial score (nSPS) is 13.7. The van der Waals surface area contributed by atoms with Gasteiger partial charge in [-0.25, -0.2) is 0 Å². The third-order valence-electron chi connectivity index (χ3n) is 21.0. The highest BCUT2D eigenvalue weighted by Gasteiger charge is 2.47. The van der Waals surface area contributed by atoms with Crippen molar-refractivity contribution >= 4 is 191 Å². The summed E-state index contributed by atoms with van der Waals surface area (Å²) in [6, 6.07) is 114. The zero-order chi connectivity index (χ0) is 59.6. The molecule has 4 aromatic heterocycles. The first kappa shape index (κ1) is 49.0. The molecule has 0 amide bonds. The van der Waals surface area contributed by atoms with Crippen molar-refractivity contribution in [3.05, 3.63) is 303 Å². The van der Waals surface area contributed by atoms with Crippen molar-refractivity contribution < 1.29 is 0 Å². The number of rotatable bonds is 5. The van der Waals surface area contributed by atoms with Gasteiger partial charge in [-0.3, -0.25) is 0 Å². The van der Waals surface area contributed by atoms with Crippen LogP contribution in [0.2, 0.25) is 0 Å². The number of anilines is 12. The minimum absolute atomic E-state index is 0.0158. The second-order valence-electron chi connectivity index (χ2n) is 25.4. The molecule has 0 fully saturated rings. The van der Waals surface area contributed by atoms with Crippen molar-refractivity contribution in [3.8, 4) is 11.1 Å². The molecule has 0 spiro atoms. The molecule has 14 aromatic carbocycles. The van der Waals surface area contributed by atoms with Gasteiger partial charge in [0.2, 0.25) is 0 Å². The zero-order valence-electron chi connectivity index (χ0n) is 49.7. The predicted octanol–water partition coefficient (Wildman–Crippen LogP) is 17.8. The Morgan fingerprint density at radius 3 is 1.34 bits per heavy atom. The van der Waals surface area contributed by atoms with Gasteiger partial charge in [0.25, 0.3) is 13.4 Å². The lowest BCUT2D eigenvalue weighted by molar-refractivity contribution is 1.26. The third-order valence-corrected chi connectivity index (χ3v) is 21.0. The Kier molecular flexibility index (Phi) is 9.51. The highest BCUT2D eigenvalue weighted by molar-refractivity contribution is 7.01. The molecular weight excluding hydrogens is 1110 g/mol. The van der Waals surface area contributed by atoms with Crippen LogP contribution in [0.5, 0.6) is 0 Å². The summed E-state index contributed by atoms with van der Waals surface area (Å²) in [4.78, 5) is 10.2. The van der Waals surface area contributed by atoms with E-state index in [0.29, 0.717) is 0 Å². The Bertz CT molecular complexity index is 6200. The first-order chi connectivity index (χ1) is 45.7. The van der Waals surface area contributed by atoms with E-state index < -0.39 is 0 Å². The summed E-state index contributed by atoms with van der Waals surface area (Å²) in [5.41, 5.74) is 31.9. The Balaban J connectivity index is 0.753. The van der Waals surface area contributed by atoms with Crippen LogP contribution in [0.15, 0.2) is 303 Å². The molecule has 92 heavy (non-hydrogen) atoms. The molecule has 22 rings (SSSR count). The average Bonchev–Trinajstić information content (AvgIpc) is 1.39. The van der Waals surface area contributed by atoms with E-state index in [9.17, 15) is 0 Å². The number of fused-ring (bicyclic) bond motifs is 22. The summed E-state index contributed by atoms with van der Waals surface area (Å²) in [6.45, 7) is -0.0110. The zero-order valence-corrected chi connectivity index (χ0v) is 49.7. The lowest BCUT2D eigenvalue weighted by Gasteiger charge is -2.44. The van der Waals surface area contributed by atoms with Crippen LogP contribution in [0, 0.1) is 0 Å². The molecule has 8 heteroatoms. The lowest BCUT2D eigenvalue weighted by atomic mass is 9.33. The number of aromatic nitrogens is 2. The van der Waals surface area contributed by atoms with Crippen LogP contribution in [-0.4, -0.2) is 22.2 Å². The Labute approximate surface area is 530 Å². The van der Waals surface area contributed by atoms with Gasteiger partial charge in [0.15, 0.2) is 0 Å². The Hall–Kier alpha value is -12.0. The van der Waals surface area contributed by atoms with E-state index >= 15 is 0 Å². The molecule has 8 heterocycles. The van der Waals surface area contributed by atoms with Crippen LogP contribution >= 0.6 is 0 Å². The minimum atomic E-state index is -0.0268. The van der Waals surface area contributed by atoms with Crippen LogP contribution in [0.1, 0.15) is 0 Å². The van der Waals surface area contributed by atoms with Crippen LogP contribution in [0.3, 0.4) is 0 Å². The van der Waals surface area contributed by atoms with E-state index in [1.807, 2.05) is 0 Å². The smallest absolute Gasteiger partial charge is 0.252 e. The van der Waals surface area contributed by atoms with Crippen molar-refractivity contribution in [2.24, 2.45) is 0 Å². The first-order valence-corrected chi connectivity index (χ1v) is 32.1. The van der Waals surface area contributed by atoms with E-state index in [2.05, 4.69) is 332 Å². The van der Waals surface area contributed by atoms with E-state index in [1.54, 1.807) is 0 Å². The third kappa shape index (κ3) is 6.16. The molecule has 0 bridgehead atoms. The highest BCUT2D eigenvalue weighted by Crippen LogP contribution is 2.53. The Morgan fingerprint density at radius 2 is 0.663 bits per heavy atom. The van der Waals surface area contributed by atoms with Gasteiger partial charge in [0, 0.05) is 100.0 Å². The number of benzene rings is 14. The molecule has 18 aromatic rings. The van der Waals surface area contributed by atoms with E-state index in [0.717, 1.165) is 22.7 Å². The molecule has 0 saturated heterocycles. The summed E-state index contributed by atoms with van der Waals surface area (Å²) in [6.07, 6.45) is 0. The van der Waals surface area contributed by atoms with Crippen LogP contribution in [0.25, 0.3) is 87.3 Å². The summed E-state index contributed by atoms with van der Waals surface area (Å²) in [7, 11) is 0. The summed E-state index contributed by atoms with van der Waals surface area (Å²) in [5, 5.41) is 10.1. The van der Waals surface area contributed by atoms with Gasteiger partial charge < -0.3 is 28.4 Å². The molecule has 6 nitrogen and oxygen atoms in total. The molecule has 4 aliphatic heterocycles. The van der Waals surface area contributed by atoms with Crippen molar-refractivity contribution in [2.75, 3.05) is 19.6 Å². The van der Waals surface area contributed by atoms with Gasteiger partial charge >= 0.3 is 0 Å². The van der Waals surface area contributed by atoms with E-state index in [4.69, 9.17) is 0 Å².